The lowest BCUT2D eigenvalue weighted by atomic mass is 9.94. The van der Waals surface area contributed by atoms with Crippen LogP contribution in [0, 0.1) is 0 Å². The van der Waals surface area contributed by atoms with Crippen LogP contribution < -0.4 is 11.1 Å². The summed E-state index contributed by atoms with van der Waals surface area (Å²) in [7, 11) is 0. The number of hydrogen-bond donors (Lipinski definition) is 2. The summed E-state index contributed by atoms with van der Waals surface area (Å²) in [6.45, 7) is 7.67. The Hall–Kier alpha value is -0.610. The Morgan fingerprint density at radius 2 is 1.93 bits per heavy atom. The minimum atomic E-state index is -0.263. The molecule has 3 N–H and O–H groups in total. The van der Waals surface area contributed by atoms with Gasteiger partial charge in [-0.3, -0.25) is 4.79 Å². The van der Waals surface area contributed by atoms with E-state index in [1.807, 2.05) is 20.8 Å². The highest BCUT2D eigenvalue weighted by molar-refractivity contribution is 5.76. The van der Waals surface area contributed by atoms with Crippen molar-refractivity contribution in [1.82, 2.24) is 5.32 Å². The van der Waals surface area contributed by atoms with Gasteiger partial charge in [0.05, 0.1) is 6.61 Å². The first-order valence-corrected chi connectivity index (χ1v) is 5.71. The first kappa shape index (κ1) is 14.4. The third-order valence-electron chi connectivity index (χ3n) is 2.72. The molecule has 0 aliphatic heterocycles. The topological polar surface area (TPSA) is 64.3 Å². The lowest BCUT2D eigenvalue weighted by molar-refractivity contribution is -0.122. The molecule has 0 atom stereocenters. The van der Waals surface area contributed by atoms with E-state index >= 15 is 0 Å². The van der Waals surface area contributed by atoms with E-state index in [-0.39, 0.29) is 11.4 Å². The fraction of sp³-hybridized carbons (Fsp3) is 0.909. The van der Waals surface area contributed by atoms with E-state index in [2.05, 4.69) is 5.32 Å². The van der Waals surface area contributed by atoms with Crippen LogP contribution in [-0.4, -0.2) is 31.2 Å². The fourth-order valence-corrected chi connectivity index (χ4v) is 1.17. The summed E-state index contributed by atoms with van der Waals surface area (Å²) in [5.41, 5.74) is 5.79. The summed E-state index contributed by atoms with van der Waals surface area (Å²) in [6.07, 6.45) is 2.15. The quantitative estimate of drug-likeness (QED) is 0.596. The maximum absolute atomic E-state index is 11.3. The molecule has 0 spiro atoms. The van der Waals surface area contributed by atoms with Gasteiger partial charge in [0.1, 0.15) is 0 Å². The first-order valence-electron chi connectivity index (χ1n) is 5.71. The van der Waals surface area contributed by atoms with Crippen molar-refractivity contribution >= 4 is 5.91 Å². The van der Waals surface area contributed by atoms with Gasteiger partial charge in [0.2, 0.25) is 5.91 Å². The molecule has 0 radical (unpaired) electrons. The minimum Gasteiger partial charge on any atom is -0.381 e. The number of carbonyl (C=O) groups excluding carboxylic acids is 1. The number of nitrogens with two attached hydrogens (primary N) is 1. The van der Waals surface area contributed by atoms with Gasteiger partial charge in [0.25, 0.3) is 0 Å². The summed E-state index contributed by atoms with van der Waals surface area (Å²) >= 11 is 0. The van der Waals surface area contributed by atoms with Crippen LogP contribution in [0.25, 0.3) is 0 Å². The van der Waals surface area contributed by atoms with Crippen LogP contribution in [0.4, 0.5) is 0 Å². The van der Waals surface area contributed by atoms with E-state index < -0.39 is 0 Å². The van der Waals surface area contributed by atoms with Crippen molar-refractivity contribution in [2.75, 3.05) is 19.8 Å². The molecule has 0 aliphatic carbocycles. The van der Waals surface area contributed by atoms with Gasteiger partial charge >= 0.3 is 0 Å². The lowest BCUT2D eigenvalue weighted by Crippen LogP contribution is -2.49. The van der Waals surface area contributed by atoms with E-state index in [0.717, 1.165) is 12.8 Å². The molecule has 0 aromatic rings. The van der Waals surface area contributed by atoms with Crippen molar-refractivity contribution < 1.29 is 9.53 Å². The van der Waals surface area contributed by atoms with Gasteiger partial charge in [0.15, 0.2) is 0 Å². The summed E-state index contributed by atoms with van der Waals surface area (Å²) in [5.74, 6) is 0.0141. The van der Waals surface area contributed by atoms with Crippen LogP contribution in [0.2, 0.25) is 0 Å². The molecular formula is C11H24N2O2. The van der Waals surface area contributed by atoms with Gasteiger partial charge in [0, 0.05) is 25.1 Å². The molecule has 4 nitrogen and oxygen atoms in total. The van der Waals surface area contributed by atoms with E-state index in [1.165, 1.54) is 0 Å². The Morgan fingerprint density at radius 3 is 2.40 bits per heavy atom. The summed E-state index contributed by atoms with van der Waals surface area (Å²) < 4.78 is 5.10. The zero-order valence-corrected chi connectivity index (χ0v) is 10.1. The minimum absolute atomic E-state index is 0.0141. The number of rotatable bonds is 8. The zero-order chi connectivity index (χ0) is 11.7. The second kappa shape index (κ2) is 7.65. The summed E-state index contributed by atoms with van der Waals surface area (Å²) in [4.78, 5) is 11.3. The predicted octanol–water partition coefficient (Wildman–Crippen LogP) is 1.05. The molecule has 90 valence electrons. The summed E-state index contributed by atoms with van der Waals surface area (Å²) in [5, 5.41) is 2.84. The second-order valence-corrected chi connectivity index (χ2v) is 3.79. The van der Waals surface area contributed by atoms with Crippen LogP contribution >= 0.6 is 0 Å². The molecule has 15 heavy (non-hydrogen) atoms. The van der Waals surface area contributed by atoms with Gasteiger partial charge in [-0.2, -0.15) is 0 Å². The average Bonchev–Trinajstić information content (AvgIpc) is 2.26. The van der Waals surface area contributed by atoms with E-state index in [9.17, 15) is 4.79 Å². The van der Waals surface area contributed by atoms with Crippen LogP contribution in [0.15, 0.2) is 0 Å². The monoisotopic (exact) mass is 216 g/mol. The molecule has 1 amide bonds. The molecule has 0 bridgehead atoms. The van der Waals surface area contributed by atoms with Crippen molar-refractivity contribution in [2.24, 2.45) is 5.73 Å². The predicted molar refractivity (Wildman–Crippen MR) is 61.6 cm³/mol. The largest absolute Gasteiger partial charge is 0.381 e. The van der Waals surface area contributed by atoms with Crippen molar-refractivity contribution in [3.05, 3.63) is 0 Å². The highest BCUT2D eigenvalue weighted by atomic mass is 16.5. The molecule has 0 aliphatic rings. The van der Waals surface area contributed by atoms with Gasteiger partial charge in [-0.25, -0.2) is 0 Å². The molecule has 0 aromatic heterocycles. The van der Waals surface area contributed by atoms with Crippen LogP contribution in [0.3, 0.4) is 0 Å². The Balaban J connectivity index is 3.69. The van der Waals surface area contributed by atoms with Gasteiger partial charge in [-0.05, 0) is 19.8 Å². The highest BCUT2D eigenvalue weighted by Gasteiger charge is 2.20. The molecule has 0 saturated heterocycles. The normalized spacial score (nSPS) is 11.5. The Kier molecular flexibility index (Phi) is 7.34. The first-order chi connectivity index (χ1) is 7.08. The van der Waals surface area contributed by atoms with Crippen LogP contribution in [0.1, 0.15) is 40.0 Å². The van der Waals surface area contributed by atoms with Crippen molar-refractivity contribution in [3.8, 4) is 0 Å². The molecule has 0 rings (SSSR count). The molecule has 0 unspecified atom stereocenters. The van der Waals surface area contributed by atoms with Gasteiger partial charge in [-0.15, -0.1) is 0 Å². The lowest BCUT2D eigenvalue weighted by Gasteiger charge is -2.26. The molecule has 0 aromatic carbocycles. The third kappa shape index (κ3) is 6.47. The zero-order valence-electron chi connectivity index (χ0n) is 10.1. The third-order valence-corrected chi connectivity index (χ3v) is 2.72. The molecule has 0 heterocycles. The number of nitrogens with one attached hydrogen (secondary N) is 1. The Labute approximate surface area is 92.6 Å². The maximum Gasteiger partial charge on any atom is 0.222 e. The van der Waals surface area contributed by atoms with E-state index in [0.29, 0.717) is 26.2 Å². The highest BCUT2D eigenvalue weighted by Crippen LogP contribution is 2.09. The maximum atomic E-state index is 11.3. The van der Waals surface area contributed by atoms with Crippen LogP contribution in [0.5, 0.6) is 0 Å². The smallest absolute Gasteiger partial charge is 0.222 e. The number of amides is 1. The number of ether oxygens (including phenoxy) is 1. The van der Waals surface area contributed by atoms with Gasteiger partial charge in [-0.1, -0.05) is 13.8 Å². The van der Waals surface area contributed by atoms with E-state index in [1.54, 1.807) is 0 Å². The Morgan fingerprint density at radius 1 is 1.33 bits per heavy atom. The van der Waals surface area contributed by atoms with Crippen molar-refractivity contribution in [2.45, 2.75) is 45.6 Å². The van der Waals surface area contributed by atoms with Crippen LogP contribution in [-0.2, 0) is 9.53 Å². The standard InChI is InChI=1S/C11H24N2O2/c1-4-11(12,5-2)9-13-10(14)7-8-15-6-3/h4-9,12H2,1-3H3,(H,13,14). The average molecular weight is 216 g/mol. The molecule has 4 heteroatoms. The SMILES string of the molecule is CCOCCC(=O)NCC(N)(CC)CC. The summed E-state index contributed by atoms with van der Waals surface area (Å²) in [6, 6.07) is 0. The van der Waals surface area contributed by atoms with Crippen molar-refractivity contribution in [3.63, 3.8) is 0 Å². The van der Waals surface area contributed by atoms with E-state index in [4.69, 9.17) is 10.5 Å². The molecule has 0 saturated carbocycles. The number of hydrogen-bond acceptors (Lipinski definition) is 3. The fourth-order valence-electron chi connectivity index (χ4n) is 1.17. The Bertz CT molecular complexity index is 179. The second-order valence-electron chi connectivity index (χ2n) is 3.79. The number of carbonyl (C=O) groups is 1. The van der Waals surface area contributed by atoms with Crippen molar-refractivity contribution in [1.29, 1.82) is 0 Å². The molecule has 0 fully saturated rings. The van der Waals surface area contributed by atoms with Gasteiger partial charge < -0.3 is 15.8 Å². The molecular weight excluding hydrogens is 192 g/mol.